The van der Waals surface area contributed by atoms with Crippen LogP contribution in [0.25, 0.3) is 0 Å². The molecular formula is C65H126N2O6P+. The van der Waals surface area contributed by atoms with E-state index in [0.717, 1.165) is 44.9 Å². The van der Waals surface area contributed by atoms with E-state index in [-0.39, 0.29) is 19.1 Å². The zero-order valence-corrected chi connectivity index (χ0v) is 50.7. The first-order valence-electron chi connectivity index (χ1n) is 32.0. The molecule has 0 bridgehead atoms. The van der Waals surface area contributed by atoms with Gasteiger partial charge in [0, 0.05) is 6.42 Å². The zero-order valence-electron chi connectivity index (χ0n) is 49.8. The van der Waals surface area contributed by atoms with E-state index < -0.39 is 20.0 Å². The van der Waals surface area contributed by atoms with Gasteiger partial charge in [0.15, 0.2) is 0 Å². The van der Waals surface area contributed by atoms with Crippen LogP contribution in [-0.4, -0.2) is 73.4 Å². The van der Waals surface area contributed by atoms with E-state index in [2.05, 4.69) is 55.6 Å². The molecule has 9 heteroatoms. The third-order valence-electron chi connectivity index (χ3n) is 14.5. The average Bonchev–Trinajstić information content (AvgIpc) is 3.36. The number of phosphoric acid groups is 1. The van der Waals surface area contributed by atoms with E-state index in [1.54, 1.807) is 6.08 Å². The van der Waals surface area contributed by atoms with Crippen molar-refractivity contribution in [2.45, 2.75) is 321 Å². The summed E-state index contributed by atoms with van der Waals surface area (Å²) in [6, 6.07) is -0.870. The molecule has 0 aliphatic carbocycles. The molecule has 0 rings (SSSR count). The van der Waals surface area contributed by atoms with Gasteiger partial charge in [0.05, 0.1) is 39.9 Å². The van der Waals surface area contributed by atoms with Gasteiger partial charge in [0.2, 0.25) is 5.91 Å². The van der Waals surface area contributed by atoms with Crippen molar-refractivity contribution in [1.82, 2.24) is 5.32 Å². The van der Waals surface area contributed by atoms with Crippen molar-refractivity contribution in [3.05, 3.63) is 48.6 Å². The number of nitrogens with zero attached hydrogens (tertiary/aromatic N) is 1. The molecule has 0 aromatic carbocycles. The number of unbranched alkanes of at least 4 members (excludes halogenated alkanes) is 40. The predicted octanol–water partition coefficient (Wildman–Crippen LogP) is 19.9. The number of rotatable bonds is 59. The van der Waals surface area contributed by atoms with Gasteiger partial charge in [-0.3, -0.25) is 13.8 Å². The number of likely N-dealkylation sites (N-methyl/N-ethyl adjacent to an activating group) is 1. The van der Waals surface area contributed by atoms with Crippen LogP contribution in [0.4, 0.5) is 0 Å². The summed E-state index contributed by atoms with van der Waals surface area (Å²) in [7, 11) is 1.55. The number of aliphatic hydroxyl groups is 1. The van der Waals surface area contributed by atoms with Gasteiger partial charge in [-0.1, -0.05) is 281 Å². The Bertz CT molecular complexity index is 1340. The van der Waals surface area contributed by atoms with Crippen molar-refractivity contribution in [1.29, 1.82) is 0 Å². The Morgan fingerprint density at radius 2 is 0.743 bits per heavy atom. The minimum Gasteiger partial charge on any atom is -0.387 e. The van der Waals surface area contributed by atoms with Crippen LogP contribution >= 0.6 is 7.82 Å². The predicted molar refractivity (Wildman–Crippen MR) is 323 cm³/mol. The number of aliphatic hydroxyl groups excluding tert-OH is 1. The third kappa shape index (κ3) is 58.1. The van der Waals surface area contributed by atoms with E-state index in [1.807, 2.05) is 27.2 Å². The lowest BCUT2D eigenvalue weighted by molar-refractivity contribution is -0.870. The number of carbonyl (C=O) groups is 1. The zero-order chi connectivity index (χ0) is 54.2. The summed E-state index contributed by atoms with van der Waals surface area (Å²) in [6.45, 7) is 4.81. The molecule has 436 valence electrons. The van der Waals surface area contributed by atoms with Gasteiger partial charge in [0.25, 0.3) is 0 Å². The standard InChI is InChI=1S/C65H125N2O6P/c1-6-8-10-12-14-16-18-20-22-24-25-26-27-28-29-30-31-32-33-34-35-36-37-38-39-40-41-43-45-47-49-51-53-55-57-59-65(69)66-63(62-73-74(70,71)72-61-60-67(3,4)5)64(68)58-56-54-52-50-48-46-44-42-23-21-19-17-15-13-11-9-7-2/h23,30-31,42,48,50,56,58,63-64,68H,6-22,24-29,32-41,43-47,49,51-55,57,59-62H2,1-5H3,(H-,66,69,70,71)/p+1/b31-30-,42-23+,50-48+,58-56+. The molecule has 0 aromatic rings. The van der Waals surface area contributed by atoms with E-state index >= 15 is 0 Å². The molecule has 0 spiro atoms. The summed E-state index contributed by atoms with van der Waals surface area (Å²) < 4.78 is 23.7. The summed E-state index contributed by atoms with van der Waals surface area (Å²) in [4.78, 5) is 23.3. The van der Waals surface area contributed by atoms with Gasteiger partial charge in [0.1, 0.15) is 13.2 Å². The minimum atomic E-state index is -4.36. The summed E-state index contributed by atoms with van der Waals surface area (Å²) in [5.74, 6) is -0.187. The second-order valence-corrected chi connectivity index (χ2v) is 24.6. The molecule has 0 fully saturated rings. The van der Waals surface area contributed by atoms with Gasteiger partial charge in [-0.25, -0.2) is 4.57 Å². The lowest BCUT2D eigenvalue weighted by Crippen LogP contribution is -2.45. The van der Waals surface area contributed by atoms with Crippen molar-refractivity contribution in [3.8, 4) is 0 Å². The molecule has 74 heavy (non-hydrogen) atoms. The van der Waals surface area contributed by atoms with Gasteiger partial charge >= 0.3 is 7.82 Å². The van der Waals surface area contributed by atoms with Crippen LogP contribution in [-0.2, 0) is 18.4 Å². The maximum absolute atomic E-state index is 13.0. The Morgan fingerprint density at radius 3 is 1.08 bits per heavy atom. The van der Waals surface area contributed by atoms with E-state index in [9.17, 15) is 19.4 Å². The number of allylic oxidation sites excluding steroid dienone is 7. The van der Waals surface area contributed by atoms with Crippen LogP contribution in [0, 0.1) is 0 Å². The SMILES string of the molecule is CCCCCCCCC/C=C/CC/C=C/CC/C=C/C(O)C(COP(=O)(O)OCC[N+](C)(C)C)NC(=O)CCCCCCCCCCCCCCCCCCC/C=C\CCCCCCCCCCCCCCCC. The molecule has 0 heterocycles. The smallest absolute Gasteiger partial charge is 0.387 e. The fourth-order valence-corrected chi connectivity index (χ4v) is 10.2. The molecule has 0 aliphatic heterocycles. The van der Waals surface area contributed by atoms with Crippen LogP contribution in [0.5, 0.6) is 0 Å². The maximum Gasteiger partial charge on any atom is 0.472 e. The van der Waals surface area contributed by atoms with Crippen LogP contribution in [0.15, 0.2) is 48.6 Å². The number of carbonyl (C=O) groups excluding carboxylic acids is 1. The Labute approximate surface area is 460 Å². The Morgan fingerprint density at radius 1 is 0.446 bits per heavy atom. The van der Waals surface area contributed by atoms with E-state index in [1.165, 1.54) is 244 Å². The van der Waals surface area contributed by atoms with Gasteiger partial charge < -0.3 is 19.8 Å². The molecular weight excluding hydrogens is 936 g/mol. The van der Waals surface area contributed by atoms with Crippen LogP contribution in [0.2, 0.25) is 0 Å². The number of nitrogens with one attached hydrogen (secondary N) is 1. The molecule has 3 atom stereocenters. The normalized spacial score (nSPS) is 14.1. The molecule has 0 saturated carbocycles. The molecule has 3 N–H and O–H groups in total. The third-order valence-corrected chi connectivity index (χ3v) is 15.5. The number of hydrogen-bond acceptors (Lipinski definition) is 5. The molecule has 0 radical (unpaired) electrons. The van der Waals surface area contributed by atoms with Crippen LogP contribution < -0.4 is 5.32 Å². The molecule has 0 aromatic heterocycles. The topological polar surface area (TPSA) is 105 Å². The highest BCUT2D eigenvalue weighted by Crippen LogP contribution is 2.43. The molecule has 0 aliphatic rings. The summed E-state index contributed by atoms with van der Waals surface area (Å²) in [5, 5.41) is 13.9. The lowest BCUT2D eigenvalue weighted by atomic mass is 10.0. The van der Waals surface area contributed by atoms with E-state index in [4.69, 9.17) is 9.05 Å². The fourth-order valence-electron chi connectivity index (χ4n) is 9.48. The quantitative estimate of drug-likeness (QED) is 0.0243. The number of phosphoric ester groups is 1. The molecule has 8 nitrogen and oxygen atoms in total. The second-order valence-electron chi connectivity index (χ2n) is 23.1. The Balaban J connectivity index is 4.03. The number of amides is 1. The average molecular weight is 1060 g/mol. The first-order valence-corrected chi connectivity index (χ1v) is 33.5. The highest BCUT2D eigenvalue weighted by atomic mass is 31.2. The largest absolute Gasteiger partial charge is 0.472 e. The molecule has 3 unspecified atom stereocenters. The Kier molecular flexibility index (Phi) is 55.0. The summed E-state index contributed by atoms with van der Waals surface area (Å²) in [5.41, 5.74) is 0. The summed E-state index contributed by atoms with van der Waals surface area (Å²) >= 11 is 0. The van der Waals surface area contributed by atoms with Crippen molar-refractivity contribution >= 4 is 13.7 Å². The lowest BCUT2D eigenvalue weighted by Gasteiger charge is -2.25. The first-order chi connectivity index (χ1) is 36.0. The van der Waals surface area contributed by atoms with Crippen molar-refractivity contribution in [2.24, 2.45) is 0 Å². The molecule has 0 saturated heterocycles. The van der Waals surface area contributed by atoms with Crippen molar-refractivity contribution < 1.29 is 32.9 Å². The number of quaternary nitrogens is 1. The fraction of sp³-hybridized carbons (Fsp3) is 0.862. The van der Waals surface area contributed by atoms with Gasteiger partial charge in [-0.2, -0.15) is 0 Å². The van der Waals surface area contributed by atoms with E-state index in [0.29, 0.717) is 17.4 Å². The highest BCUT2D eigenvalue weighted by Gasteiger charge is 2.27. The van der Waals surface area contributed by atoms with Crippen molar-refractivity contribution in [3.63, 3.8) is 0 Å². The maximum atomic E-state index is 13.0. The highest BCUT2D eigenvalue weighted by molar-refractivity contribution is 7.47. The minimum absolute atomic E-state index is 0.0539. The van der Waals surface area contributed by atoms with Crippen LogP contribution in [0.1, 0.15) is 309 Å². The van der Waals surface area contributed by atoms with Crippen molar-refractivity contribution in [2.75, 3.05) is 40.9 Å². The molecule has 1 amide bonds. The monoisotopic (exact) mass is 1060 g/mol. The van der Waals surface area contributed by atoms with Gasteiger partial charge in [-0.15, -0.1) is 0 Å². The van der Waals surface area contributed by atoms with Crippen LogP contribution in [0.3, 0.4) is 0 Å². The van der Waals surface area contributed by atoms with Gasteiger partial charge in [-0.05, 0) is 70.6 Å². The Hall–Kier alpha value is -1.54. The first kappa shape index (κ1) is 72.5. The number of hydrogen-bond donors (Lipinski definition) is 3. The second kappa shape index (κ2) is 56.2. The summed E-state index contributed by atoms with van der Waals surface area (Å²) in [6.07, 6.45) is 75.4.